The Bertz CT molecular complexity index is 1360. The average Bonchev–Trinajstić information content (AvgIpc) is 3.17. The molecule has 0 bridgehead atoms. The Balaban J connectivity index is 1.32. The van der Waals surface area contributed by atoms with Crippen LogP contribution in [0.25, 0.3) is 11.6 Å². The summed E-state index contributed by atoms with van der Waals surface area (Å²) in [5.74, 6) is 1.74. The molecular weight excluding hydrogens is 451 g/mol. The van der Waals surface area contributed by atoms with Crippen LogP contribution in [0, 0.1) is 5.82 Å². The summed E-state index contributed by atoms with van der Waals surface area (Å²) in [7, 11) is 3.94. The van der Waals surface area contributed by atoms with Crippen LogP contribution in [0.2, 0.25) is 0 Å². The van der Waals surface area contributed by atoms with Gasteiger partial charge in [-0.3, -0.25) is 4.90 Å². The molecule has 0 spiro atoms. The van der Waals surface area contributed by atoms with Gasteiger partial charge < -0.3 is 20.3 Å². The molecule has 3 aliphatic rings. The van der Waals surface area contributed by atoms with E-state index in [1.165, 1.54) is 22.8 Å². The topological polar surface area (TPSA) is 39.8 Å². The SMILES string of the molecule is COc1cccc(CC[C@H]2CN(C3=C4C(=Cc5ccccc54)Nc4cc(F)ccc4N3)CCN2C)c1. The summed E-state index contributed by atoms with van der Waals surface area (Å²) in [4.78, 5) is 4.95. The van der Waals surface area contributed by atoms with Crippen LogP contribution in [-0.2, 0) is 6.42 Å². The highest BCUT2D eigenvalue weighted by molar-refractivity contribution is 6.01. The second kappa shape index (κ2) is 9.36. The number of hydrogen-bond acceptors (Lipinski definition) is 5. The Labute approximate surface area is 211 Å². The molecule has 0 radical (unpaired) electrons. The Kier molecular flexibility index (Phi) is 5.89. The maximum absolute atomic E-state index is 14.1. The summed E-state index contributed by atoms with van der Waals surface area (Å²) in [6.07, 6.45) is 4.22. The lowest BCUT2D eigenvalue weighted by molar-refractivity contribution is 0.115. The van der Waals surface area contributed by atoms with Gasteiger partial charge in [0.2, 0.25) is 0 Å². The third-order valence-corrected chi connectivity index (χ3v) is 7.53. The molecule has 1 aliphatic carbocycles. The molecule has 6 rings (SSSR count). The molecule has 5 nitrogen and oxygen atoms in total. The molecule has 2 heterocycles. The molecule has 1 saturated heterocycles. The smallest absolute Gasteiger partial charge is 0.125 e. The van der Waals surface area contributed by atoms with E-state index in [1.54, 1.807) is 13.2 Å². The highest BCUT2D eigenvalue weighted by Gasteiger charge is 2.32. The van der Waals surface area contributed by atoms with Crippen molar-refractivity contribution in [1.82, 2.24) is 9.80 Å². The average molecular weight is 483 g/mol. The maximum Gasteiger partial charge on any atom is 0.125 e. The molecule has 2 N–H and O–H groups in total. The molecule has 3 aromatic rings. The molecule has 0 amide bonds. The number of fused-ring (bicyclic) bond motifs is 4. The summed E-state index contributed by atoms with van der Waals surface area (Å²) in [6.45, 7) is 2.81. The van der Waals surface area contributed by atoms with Gasteiger partial charge in [0.1, 0.15) is 17.4 Å². The molecule has 2 aliphatic heterocycles. The number of halogens is 1. The number of methoxy groups -OCH3 is 1. The third kappa shape index (κ3) is 4.22. The van der Waals surface area contributed by atoms with E-state index in [0.717, 1.165) is 66.7 Å². The van der Waals surface area contributed by atoms with Gasteiger partial charge in [0.05, 0.1) is 24.2 Å². The lowest BCUT2D eigenvalue weighted by atomic mass is 10.0. The zero-order valence-corrected chi connectivity index (χ0v) is 20.7. The van der Waals surface area contributed by atoms with E-state index in [-0.39, 0.29) is 5.82 Å². The number of nitrogens with zero attached hydrogens (tertiary/aromatic N) is 2. The highest BCUT2D eigenvalue weighted by Crippen LogP contribution is 2.43. The Morgan fingerprint density at radius 3 is 2.75 bits per heavy atom. The fourth-order valence-electron chi connectivity index (χ4n) is 5.50. The summed E-state index contributed by atoms with van der Waals surface area (Å²) >= 11 is 0. The van der Waals surface area contributed by atoms with E-state index in [4.69, 9.17) is 4.74 Å². The second-order valence-electron chi connectivity index (χ2n) is 9.78. The minimum absolute atomic E-state index is 0.249. The quantitative estimate of drug-likeness (QED) is 0.492. The van der Waals surface area contributed by atoms with Crippen molar-refractivity contribution < 1.29 is 9.13 Å². The van der Waals surface area contributed by atoms with Crippen molar-refractivity contribution in [3.63, 3.8) is 0 Å². The van der Waals surface area contributed by atoms with Crippen molar-refractivity contribution in [2.24, 2.45) is 0 Å². The van der Waals surface area contributed by atoms with Crippen molar-refractivity contribution in [2.75, 3.05) is 44.4 Å². The van der Waals surface area contributed by atoms with E-state index >= 15 is 0 Å². The lowest BCUT2D eigenvalue weighted by Gasteiger charge is -2.42. The Hall–Kier alpha value is -3.77. The zero-order chi connectivity index (χ0) is 24.6. The van der Waals surface area contributed by atoms with Crippen LogP contribution in [0.15, 0.2) is 78.2 Å². The van der Waals surface area contributed by atoms with Crippen LogP contribution >= 0.6 is 0 Å². The number of piperazine rings is 1. The van der Waals surface area contributed by atoms with E-state index in [0.29, 0.717) is 6.04 Å². The van der Waals surface area contributed by atoms with Crippen molar-refractivity contribution in [3.05, 3.63) is 101 Å². The van der Waals surface area contributed by atoms with Gasteiger partial charge in [0, 0.05) is 31.2 Å². The first-order valence-electron chi connectivity index (χ1n) is 12.6. The first-order chi connectivity index (χ1) is 17.6. The fraction of sp³-hybridized carbons (Fsp3) is 0.267. The van der Waals surface area contributed by atoms with Gasteiger partial charge in [-0.25, -0.2) is 4.39 Å². The molecular formula is C30H31FN4O. The standard InChI is InChI=1S/C30H31FN4O/c1-34-14-15-35(19-23(34)12-10-20-6-5-8-24(16-20)36-2)30-29-25-9-4-3-7-21(25)17-28(29)32-27-18-22(31)11-13-26(27)33-30/h3-9,11,13,16-18,23,32-33H,10,12,14-15,19H2,1-2H3/t23-/m0/s1. The highest BCUT2D eigenvalue weighted by atomic mass is 19.1. The largest absolute Gasteiger partial charge is 0.497 e. The van der Waals surface area contributed by atoms with Crippen LogP contribution in [0.3, 0.4) is 0 Å². The molecule has 0 aromatic heterocycles. The number of ether oxygens (including phenoxy) is 1. The van der Waals surface area contributed by atoms with Gasteiger partial charge in [0.15, 0.2) is 0 Å². The van der Waals surface area contributed by atoms with Gasteiger partial charge in [0.25, 0.3) is 0 Å². The van der Waals surface area contributed by atoms with Crippen LogP contribution in [0.5, 0.6) is 5.75 Å². The van der Waals surface area contributed by atoms with Crippen LogP contribution in [0.1, 0.15) is 23.1 Å². The third-order valence-electron chi connectivity index (χ3n) is 7.53. The minimum atomic E-state index is -0.249. The number of rotatable bonds is 5. The molecule has 0 saturated carbocycles. The van der Waals surface area contributed by atoms with Gasteiger partial charge in [-0.1, -0.05) is 36.4 Å². The summed E-state index contributed by atoms with van der Waals surface area (Å²) in [5, 5.41) is 7.20. The lowest BCUT2D eigenvalue weighted by Crippen LogP contribution is -2.52. The van der Waals surface area contributed by atoms with Crippen molar-refractivity contribution >= 4 is 23.0 Å². The first kappa shape index (κ1) is 22.7. The van der Waals surface area contributed by atoms with Crippen LogP contribution in [-0.4, -0.2) is 49.6 Å². The number of aryl methyl sites for hydroxylation is 1. The fourth-order valence-corrected chi connectivity index (χ4v) is 5.50. The van der Waals surface area contributed by atoms with Gasteiger partial charge in [-0.2, -0.15) is 0 Å². The van der Waals surface area contributed by atoms with Crippen molar-refractivity contribution in [1.29, 1.82) is 0 Å². The van der Waals surface area contributed by atoms with Gasteiger partial charge in [-0.05, 0) is 73.0 Å². The normalized spacial score (nSPS) is 18.9. The minimum Gasteiger partial charge on any atom is -0.497 e. The Morgan fingerprint density at radius 2 is 1.86 bits per heavy atom. The van der Waals surface area contributed by atoms with Crippen molar-refractivity contribution in [2.45, 2.75) is 18.9 Å². The first-order valence-corrected chi connectivity index (χ1v) is 12.6. The number of hydrogen-bond donors (Lipinski definition) is 2. The predicted molar refractivity (Wildman–Crippen MR) is 144 cm³/mol. The van der Waals surface area contributed by atoms with E-state index < -0.39 is 0 Å². The van der Waals surface area contributed by atoms with E-state index in [2.05, 4.69) is 76.0 Å². The van der Waals surface area contributed by atoms with Gasteiger partial charge >= 0.3 is 0 Å². The molecule has 3 aromatic carbocycles. The second-order valence-corrected chi connectivity index (χ2v) is 9.78. The zero-order valence-electron chi connectivity index (χ0n) is 20.7. The van der Waals surface area contributed by atoms with E-state index in [1.807, 2.05) is 12.1 Å². The number of anilines is 2. The summed E-state index contributed by atoms with van der Waals surface area (Å²) < 4.78 is 19.5. The predicted octanol–water partition coefficient (Wildman–Crippen LogP) is 5.64. The summed E-state index contributed by atoms with van der Waals surface area (Å²) in [6, 6.07) is 22.1. The summed E-state index contributed by atoms with van der Waals surface area (Å²) in [5.41, 5.74) is 7.47. The molecule has 6 heteroatoms. The molecule has 0 unspecified atom stereocenters. The van der Waals surface area contributed by atoms with Crippen LogP contribution in [0.4, 0.5) is 15.8 Å². The molecule has 1 atom stereocenters. The number of allylic oxidation sites excluding steroid dienone is 1. The number of nitrogens with one attached hydrogen (secondary N) is 2. The van der Waals surface area contributed by atoms with Crippen LogP contribution < -0.4 is 15.4 Å². The monoisotopic (exact) mass is 482 g/mol. The number of benzene rings is 3. The number of likely N-dealkylation sites (N-methyl/N-ethyl adjacent to an activating group) is 1. The molecule has 1 fully saturated rings. The Morgan fingerprint density at radius 1 is 0.972 bits per heavy atom. The molecule has 184 valence electrons. The maximum atomic E-state index is 14.1. The van der Waals surface area contributed by atoms with Crippen molar-refractivity contribution in [3.8, 4) is 5.75 Å². The van der Waals surface area contributed by atoms with Gasteiger partial charge in [-0.15, -0.1) is 0 Å². The molecule has 36 heavy (non-hydrogen) atoms. The van der Waals surface area contributed by atoms with E-state index in [9.17, 15) is 4.39 Å².